The number of aryl methyl sites for hydroxylation is 1. The Morgan fingerprint density at radius 2 is 2.00 bits per heavy atom. The molecule has 3 aromatic rings. The molecule has 132 valence electrons. The minimum absolute atomic E-state index is 0.194. The Morgan fingerprint density at radius 3 is 2.60 bits per heavy atom. The Morgan fingerprint density at radius 1 is 1.24 bits per heavy atom. The molecule has 0 aliphatic carbocycles. The zero-order chi connectivity index (χ0) is 18.1. The van der Waals surface area contributed by atoms with Crippen molar-refractivity contribution >= 4 is 22.6 Å². The molecule has 5 heteroatoms. The van der Waals surface area contributed by atoms with E-state index >= 15 is 0 Å². The van der Waals surface area contributed by atoms with Crippen LogP contribution in [0, 0.1) is 6.92 Å². The maximum absolute atomic E-state index is 6.46. The number of hydrogen-bond donors (Lipinski definition) is 0. The summed E-state index contributed by atoms with van der Waals surface area (Å²) >= 11 is 6.46. The first-order valence-corrected chi connectivity index (χ1v) is 8.93. The van der Waals surface area contributed by atoms with E-state index in [0.29, 0.717) is 17.5 Å². The smallest absolute Gasteiger partial charge is 0.107 e. The van der Waals surface area contributed by atoms with Crippen molar-refractivity contribution in [3.8, 4) is 11.3 Å². The van der Waals surface area contributed by atoms with E-state index in [2.05, 4.69) is 55.4 Å². The molecule has 0 saturated carbocycles. The van der Waals surface area contributed by atoms with Crippen molar-refractivity contribution in [2.24, 2.45) is 0 Å². The van der Waals surface area contributed by atoms with Gasteiger partial charge in [-0.25, -0.2) is 4.98 Å². The molecule has 25 heavy (non-hydrogen) atoms. The number of nitrogens with zero attached hydrogens (tertiary/aromatic N) is 3. The van der Waals surface area contributed by atoms with Gasteiger partial charge in [0.1, 0.15) is 5.52 Å². The van der Waals surface area contributed by atoms with Crippen molar-refractivity contribution in [3.63, 3.8) is 0 Å². The van der Waals surface area contributed by atoms with E-state index < -0.39 is 0 Å². The molecule has 0 aliphatic rings. The molecule has 3 aromatic heterocycles. The molecule has 0 unspecified atom stereocenters. The van der Waals surface area contributed by atoms with E-state index in [1.807, 2.05) is 12.4 Å². The van der Waals surface area contributed by atoms with Crippen LogP contribution < -0.4 is 0 Å². The van der Waals surface area contributed by atoms with Crippen molar-refractivity contribution in [2.75, 3.05) is 13.7 Å². The van der Waals surface area contributed by atoms with E-state index in [1.165, 1.54) is 0 Å². The first-order chi connectivity index (χ1) is 11.9. The summed E-state index contributed by atoms with van der Waals surface area (Å²) in [6.45, 7) is 9.09. The fraction of sp³-hybridized carbons (Fsp3) is 0.400. The second-order valence-electron chi connectivity index (χ2n) is 6.84. The van der Waals surface area contributed by atoms with Crippen LogP contribution in [0.25, 0.3) is 22.3 Å². The highest BCUT2D eigenvalue weighted by Gasteiger charge is 2.16. The van der Waals surface area contributed by atoms with Gasteiger partial charge in [0.15, 0.2) is 0 Å². The lowest BCUT2D eigenvalue weighted by atomic mass is 10.1. The molecule has 0 amide bonds. The molecule has 0 aliphatic heterocycles. The quantitative estimate of drug-likeness (QED) is 0.614. The van der Waals surface area contributed by atoms with Crippen molar-refractivity contribution in [1.29, 1.82) is 0 Å². The molecular weight excluding hydrogens is 334 g/mol. The third-order valence-electron chi connectivity index (χ3n) is 4.48. The molecule has 3 rings (SSSR count). The van der Waals surface area contributed by atoms with E-state index in [0.717, 1.165) is 33.5 Å². The summed E-state index contributed by atoms with van der Waals surface area (Å²) in [7, 11) is 1.71. The first-order valence-electron chi connectivity index (χ1n) is 8.55. The molecule has 0 N–H and O–H groups in total. The highest BCUT2D eigenvalue weighted by molar-refractivity contribution is 6.35. The Balaban J connectivity index is 2.09. The summed E-state index contributed by atoms with van der Waals surface area (Å²) in [6, 6.07) is 6.49. The summed E-state index contributed by atoms with van der Waals surface area (Å²) in [4.78, 5) is 9.41. The molecule has 0 fully saturated rings. The number of halogens is 1. The van der Waals surface area contributed by atoms with Gasteiger partial charge >= 0.3 is 0 Å². The van der Waals surface area contributed by atoms with Gasteiger partial charge in [0.25, 0.3) is 0 Å². The number of ether oxygens (including phenoxy) is 1. The van der Waals surface area contributed by atoms with Crippen LogP contribution in [0.1, 0.15) is 44.0 Å². The lowest BCUT2D eigenvalue weighted by Gasteiger charge is -2.15. The van der Waals surface area contributed by atoms with Crippen LogP contribution in [-0.2, 0) is 4.74 Å². The van der Waals surface area contributed by atoms with Gasteiger partial charge in [-0.2, -0.15) is 0 Å². The topological polar surface area (TPSA) is 39.9 Å². The standard InChI is InChI=1S/C20H24ClN3O/c1-12(2)17-7-6-15(9-22-17)19-13(3)8-18-20(23-19)16(21)10-24(18)14(4)11-25-5/h6-10,12,14H,11H2,1-5H3/t14-/m0/s1. The van der Waals surface area contributed by atoms with Gasteiger partial charge in [-0.1, -0.05) is 25.4 Å². The summed E-state index contributed by atoms with van der Waals surface area (Å²) in [5.41, 5.74) is 5.97. The third-order valence-corrected chi connectivity index (χ3v) is 4.76. The number of rotatable bonds is 5. The molecule has 3 heterocycles. The number of hydrogen-bond acceptors (Lipinski definition) is 3. The minimum atomic E-state index is 0.194. The monoisotopic (exact) mass is 357 g/mol. The zero-order valence-corrected chi connectivity index (χ0v) is 16.1. The maximum atomic E-state index is 6.46. The highest BCUT2D eigenvalue weighted by Crippen LogP contribution is 2.32. The molecule has 0 aromatic carbocycles. The molecular formula is C20H24ClN3O. The second kappa shape index (κ2) is 7.14. The number of aromatic nitrogens is 3. The van der Waals surface area contributed by atoms with E-state index in [-0.39, 0.29) is 6.04 Å². The van der Waals surface area contributed by atoms with Gasteiger partial charge in [0.2, 0.25) is 0 Å². The number of pyridine rings is 2. The van der Waals surface area contributed by atoms with Crippen LogP contribution in [-0.4, -0.2) is 28.3 Å². The Bertz CT molecular complexity index is 884. The van der Waals surface area contributed by atoms with Gasteiger partial charge in [-0.15, -0.1) is 0 Å². The van der Waals surface area contributed by atoms with Crippen LogP contribution in [0.3, 0.4) is 0 Å². The number of fused-ring (bicyclic) bond motifs is 1. The molecule has 0 spiro atoms. The van der Waals surface area contributed by atoms with E-state index in [1.54, 1.807) is 7.11 Å². The lowest BCUT2D eigenvalue weighted by molar-refractivity contribution is 0.164. The summed E-state index contributed by atoms with van der Waals surface area (Å²) < 4.78 is 7.41. The summed E-state index contributed by atoms with van der Waals surface area (Å²) in [5.74, 6) is 0.413. The Kier molecular flexibility index (Phi) is 5.11. The van der Waals surface area contributed by atoms with Crippen molar-refractivity contribution < 1.29 is 4.74 Å². The van der Waals surface area contributed by atoms with Crippen LogP contribution >= 0.6 is 11.6 Å². The minimum Gasteiger partial charge on any atom is -0.383 e. The van der Waals surface area contributed by atoms with Gasteiger partial charge in [-0.3, -0.25) is 4.98 Å². The SMILES string of the molecule is COC[C@H](C)n1cc(Cl)c2nc(-c3ccc(C(C)C)nc3)c(C)cc21. The van der Waals surface area contributed by atoms with Crippen molar-refractivity contribution in [2.45, 2.75) is 39.7 Å². The summed E-state index contributed by atoms with van der Waals surface area (Å²) in [6.07, 6.45) is 3.83. The van der Waals surface area contributed by atoms with Gasteiger partial charge < -0.3 is 9.30 Å². The Labute approximate surface area is 153 Å². The van der Waals surface area contributed by atoms with Crippen LogP contribution in [0.2, 0.25) is 5.02 Å². The van der Waals surface area contributed by atoms with Gasteiger partial charge in [0, 0.05) is 30.8 Å². The molecule has 0 saturated heterocycles. The van der Waals surface area contributed by atoms with Crippen LogP contribution in [0.4, 0.5) is 0 Å². The normalized spacial score (nSPS) is 12.9. The molecule has 4 nitrogen and oxygen atoms in total. The predicted octanol–water partition coefficient (Wildman–Crippen LogP) is 5.39. The van der Waals surface area contributed by atoms with E-state index in [9.17, 15) is 0 Å². The molecule has 0 bridgehead atoms. The first kappa shape index (κ1) is 17.9. The fourth-order valence-corrected chi connectivity index (χ4v) is 3.33. The third kappa shape index (κ3) is 3.42. The van der Waals surface area contributed by atoms with E-state index in [4.69, 9.17) is 21.3 Å². The molecule has 1 atom stereocenters. The lowest BCUT2D eigenvalue weighted by Crippen LogP contribution is -2.10. The molecule has 0 radical (unpaired) electrons. The Hall–Kier alpha value is -1.91. The van der Waals surface area contributed by atoms with Crippen molar-refractivity contribution in [1.82, 2.24) is 14.5 Å². The van der Waals surface area contributed by atoms with Gasteiger partial charge in [-0.05, 0) is 43.5 Å². The van der Waals surface area contributed by atoms with Crippen LogP contribution in [0.5, 0.6) is 0 Å². The van der Waals surface area contributed by atoms with Crippen molar-refractivity contribution in [3.05, 3.63) is 46.9 Å². The summed E-state index contributed by atoms with van der Waals surface area (Å²) in [5, 5.41) is 0.658. The second-order valence-corrected chi connectivity index (χ2v) is 7.24. The predicted molar refractivity (Wildman–Crippen MR) is 103 cm³/mol. The average Bonchev–Trinajstić information content (AvgIpc) is 2.90. The largest absolute Gasteiger partial charge is 0.383 e. The number of methoxy groups -OCH3 is 1. The average molecular weight is 358 g/mol. The van der Waals surface area contributed by atoms with Gasteiger partial charge in [0.05, 0.1) is 28.9 Å². The maximum Gasteiger partial charge on any atom is 0.107 e. The van der Waals surface area contributed by atoms with Crippen LogP contribution in [0.15, 0.2) is 30.6 Å². The highest BCUT2D eigenvalue weighted by atomic mass is 35.5. The fourth-order valence-electron chi connectivity index (χ4n) is 3.09. The zero-order valence-electron chi connectivity index (χ0n) is 15.4.